The first-order valence-electron chi connectivity index (χ1n) is 6.65. The summed E-state index contributed by atoms with van der Waals surface area (Å²) in [7, 11) is 0. The number of benzene rings is 2. The molecule has 2 amide bonds. The summed E-state index contributed by atoms with van der Waals surface area (Å²) >= 11 is 0. The van der Waals surface area contributed by atoms with E-state index in [0.29, 0.717) is 17.1 Å². The van der Waals surface area contributed by atoms with Gasteiger partial charge in [-0.3, -0.25) is 19.7 Å². The van der Waals surface area contributed by atoms with Crippen LogP contribution in [0.3, 0.4) is 0 Å². The molecule has 1 aliphatic heterocycles. The third kappa shape index (κ3) is 3.10. The largest absolute Gasteiger partial charge is 0.482 e. The van der Waals surface area contributed by atoms with Crippen LogP contribution >= 0.6 is 0 Å². The molecule has 23 heavy (non-hydrogen) atoms. The van der Waals surface area contributed by atoms with Crippen molar-refractivity contribution in [1.82, 2.24) is 0 Å². The normalized spacial score (nSPS) is 12.6. The van der Waals surface area contributed by atoms with Crippen molar-refractivity contribution in [3.63, 3.8) is 0 Å². The summed E-state index contributed by atoms with van der Waals surface area (Å²) in [5.74, 6) is -0.155. The van der Waals surface area contributed by atoms with Gasteiger partial charge in [-0.1, -0.05) is 0 Å². The van der Waals surface area contributed by atoms with Gasteiger partial charge in [0.2, 0.25) is 0 Å². The third-order valence-electron chi connectivity index (χ3n) is 3.21. The van der Waals surface area contributed by atoms with Gasteiger partial charge in [-0.15, -0.1) is 0 Å². The monoisotopic (exact) mass is 313 g/mol. The van der Waals surface area contributed by atoms with Crippen LogP contribution in [0.15, 0.2) is 42.5 Å². The van der Waals surface area contributed by atoms with Gasteiger partial charge in [0.15, 0.2) is 6.61 Å². The van der Waals surface area contributed by atoms with Crippen LogP contribution in [-0.4, -0.2) is 23.3 Å². The highest BCUT2D eigenvalue weighted by Crippen LogP contribution is 2.30. The number of hydrogen-bond donors (Lipinski definition) is 2. The van der Waals surface area contributed by atoms with Gasteiger partial charge in [-0.2, -0.15) is 0 Å². The Bertz CT molecular complexity index is 801. The Morgan fingerprint density at radius 3 is 2.65 bits per heavy atom. The second kappa shape index (κ2) is 5.76. The number of nitrogens with zero attached hydrogens (tertiary/aromatic N) is 1. The van der Waals surface area contributed by atoms with Crippen molar-refractivity contribution in [3.05, 3.63) is 58.1 Å². The number of amides is 2. The van der Waals surface area contributed by atoms with E-state index >= 15 is 0 Å². The molecule has 2 N–H and O–H groups in total. The van der Waals surface area contributed by atoms with Crippen molar-refractivity contribution in [1.29, 1.82) is 0 Å². The molecule has 3 rings (SSSR count). The second-order valence-corrected chi connectivity index (χ2v) is 4.81. The predicted octanol–water partition coefficient (Wildman–Crippen LogP) is 2.18. The van der Waals surface area contributed by atoms with Gasteiger partial charge in [0, 0.05) is 23.4 Å². The fourth-order valence-electron chi connectivity index (χ4n) is 2.10. The van der Waals surface area contributed by atoms with Crippen LogP contribution in [0.1, 0.15) is 10.4 Å². The number of non-ortho nitro benzene ring substituents is 1. The molecule has 8 heteroatoms. The number of fused-ring (bicyclic) bond motifs is 1. The summed E-state index contributed by atoms with van der Waals surface area (Å²) in [4.78, 5) is 33.5. The van der Waals surface area contributed by atoms with E-state index < -0.39 is 10.8 Å². The molecule has 0 radical (unpaired) electrons. The van der Waals surface area contributed by atoms with Gasteiger partial charge >= 0.3 is 0 Å². The quantitative estimate of drug-likeness (QED) is 0.666. The zero-order valence-electron chi connectivity index (χ0n) is 11.7. The molecule has 2 aromatic carbocycles. The van der Waals surface area contributed by atoms with Gasteiger partial charge in [-0.05, 0) is 30.3 Å². The van der Waals surface area contributed by atoms with E-state index in [-0.39, 0.29) is 23.8 Å². The smallest absolute Gasteiger partial charge is 0.269 e. The van der Waals surface area contributed by atoms with Crippen molar-refractivity contribution in [2.45, 2.75) is 0 Å². The Balaban J connectivity index is 1.76. The average molecular weight is 313 g/mol. The molecule has 0 atom stereocenters. The number of nitro groups is 1. The standard InChI is InChI=1S/C15H11N3O5/c19-14-8-23-13-6-3-10(7-12(13)17-14)16-15(20)9-1-4-11(5-2-9)18(21)22/h1-7H,8H2,(H,16,20)(H,17,19). The molecule has 0 saturated carbocycles. The minimum Gasteiger partial charge on any atom is -0.482 e. The molecular formula is C15H11N3O5. The van der Waals surface area contributed by atoms with Crippen molar-refractivity contribution >= 4 is 28.9 Å². The zero-order chi connectivity index (χ0) is 16.4. The van der Waals surface area contributed by atoms with E-state index in [0.717, 1.165) is 0 Å². The van der Waals surface area contributed by atoms with Crippen molar-refractivity contribution in [2.75, 3.05) is 17.2 Å². The van der Waals surface area contributed by atoms with Crippen molar-refractivity contribution < 1.29 is 19.2 Å². The highest BCUT2D eigenvalue weighted by molar-refractivity contribution is 6.05. The van der Waals surface area contributed by atoms with Crippen LogP contribution < -0.4 is 15.4 Å². The molecule has 0 aromatic heterocycles. The SMILES string of the molecule is O=C1COc2ccc(NC(=O)c3ccc([N+](=O)[O-])cc3)cc2N1. The van der Waals surface area contributed by atoms with E-state index in [4.69, 9.17) is 4.74 Å². The number of hydrogen-bond acceptors (Lipinski definition) is 5. The van der Waals surface area contributed by atoms with Gasteiger partial charge in [0.05, 0.1) is 10.6 Å². The average Bonchev–Trinajstić information content (AvgIpc) is 2.54. The predicted molar refractivity (Wildman–Crippen MR) is 81.6 cm³/mol. The first kappa shape index (κ1) is 14.5. The van der Waals surface area contributed by atoms with Crippen LogP contribution in [0.4, 0.5) is 17.1 Å². The Morgan fingerprint density at radius 2 is 1.96 bits per heavy atom. The summed E-state index contributed by atoms with van der Waals surface area (Å²) in [6.45, 7) is -0.0402. The highest BCUT2D eigenvalue weighted by atomic mass is 16.6. The molecule has 1 heterocycles. The minimum absolute atomic E-state index is 0.0402. The number of nitro benzene ring substituents is 1. The van der Waals surface area contributed by atoms with Gasteiger partial charge in [0.25, 0.3) is 17.5 Å². The number of nitrogens with one attached hydrogen (secondary N) is 2. The summed E-state index contributed by atoms with van der Waals surface area (Å²) < 4.78 is 5.23. The maximum Gasteiger partial charge on any atom is 0.269 e. The fourth-order valence-corrected chi connectivity index (χ4v) is 2.10. The van der Waals surface area contributed by atoms with Crippen LogP contribution in [0, 0.1) is 10.1 Å². The summed E-state index contributed by atoms with van der Waals surface area (Å²) in [5, 5.41) is 15.9. The second-order valence-electron chi connectivity index (χ2n) is 4.81. The molecular weight excluding hydrogens is 302 g/mol. The molecule has 0 aliphatic carbocycles. The molecule has 8 nitrogen and oxygen atoms in total. The Kier molecular flexibility index (Phi) is 3.63. The molecule has 0 unspecified atom stereocenters. The topological polar surface area (TPSA) is 111 Å². The Hall–Kier alpha value is -3.42. The number of ether oxygens (including phenoxy) is 1. The van der Waals surface area contributed by atoms with Crippen LogP contribution in [0.5, 0.6) is 5.75 Å². The summed E-state index contributed by atoms with van der Waals surface area (Å²) in [5.41, 5.74) is 1.14. The van der Waals surface area contributed by atoms with Gasteiger partial charge in [-0.25, -0.2) is 0 Å². The number of rotatable bonds is 3. The van der Waals surface area contributed by atoms with Gasteiger partial charge < -0.3 is 15.4 Å². The summed E-state index contributed by atoms with van der Waals surface area (Å²) in [6.07, 6.45) is 0. The number of carbonyl (C=O) groups excluding carboxylic acids is 2. The van der Waals surface area contributed by atoms with E-state index in [1.54, 1.807) is 18.2 Å². The maximum absolute atomic E-state index is 12.1. The zero-order valence-corrected chi connectivity index (χ0v) is 11.7. The van der Waals surface area contributed by atoms with Crippen LogP contribution in [0.2, 0.25) is 0 Å². The molecule has 0 bridgehead atoms. The number of carbonyl (C=O) groups is 2. The van der Waals surface area contributed by atoms with Crippen LogP contribution in [-0.2, 0) is 4.79 Å². The van der Waals surface area contributed by atoms with E-state index in [1.807, 2.05) is 0 Å². The molecule has 116 valence electrons. The maximum atomic E-state index is 12.1. The Labute approximate surface area is 130 Å². The lowest BCUT2D eigenvalue weighted by atomic mass is 10.2. The number of anilines is 2. The minimum atomic E-state index is -0.534. The molecule has 0 spiro atoms. The third-order valence-corrected chi connectivity index (χ3v) is 3.21. The lowest BCUT2D eigenvalue weighted by Gasteiger charge is -2.18. The molecule has 1 aliphatic rings. The van der Waals surface area contributed by atoms with E-state index in [1.165, 1.54) is 24.3 Å². The fraction of sp³-hybridized carbons (Fsp3) is 0.0667. The van der Waals surface area contributed by atoms with Gasteiger partial charge in [0.1, 0.15) is 5.75 Å². The lowest BCUT2D eigenvalue weighted by molar-refractivity contribution is -0.384. The Morgan fingerprint density at radius 1 is 1.22 bits per heavy atom. The van der Waals surface area contributed by atoms with Crippen molar-refractivity contribution in [3.8, 4) is 5.75 Å². The molecule has 0 saturated heterocycles. The molecule has 0 fully saturated rings. The van der Waals surface area contributed by atoms with E-state index in [2.05, 4.69) is 10.6 Å². The summed E-state index contributed by atoms with van der Waals surface area (Å²) in [6, 6.07) is 10.1. The highest BCUT2D eigenvalue weighted by Gasteiger charge is 2.17. The lowest BCUT2D eigenvalue weighted by Crippen LogP contribution is -2.25. The first-order valence-corrected chi connectivity index (χ1v) is 6.65. The molecule has 2 aromatic rings. The van der Waals surface area contributed by atoms with Crippen molar-refractivity contribution in [2.24, 2.45) is 0 Å². The van der Waals surface area contributed by atoms with E-state index in [9.17, 15) is 19.7 Å². The van der Waals surface area contributed by atoms with Crippen LogP contribution in [0.25, 0.3) is 0 Å². The first-order chi connectivity index (χ1) is 11.0.